The van der Waals surface area contributed by atoms with E-state index in [1.807, 2.05) is 0 Å². The number of cyclic esters (lactones) is 1. The predicted octanol–water partition coefficient (Wildman–Crippen LogP) is 3.50. The second-order valence-electron chi connectivity index (χ2n) is 3.38. The summed E-state index contributed by atoms with van der Waals surface area (Å²) < 4.78 is 4.93. The first-order chi connectivity index (χ1) is 7.61. The van der Waals surface area contributed by atoms with Crippen molar-refractivity contribution in [3.05, 3.63) is 40.9 Å². The number of ether oxygens (including phenoxy) is 1. The van der Waals surface area contributed by atoms with Crippen LogP contribution in [0.3, 0.4) is 0 Å². The normalized spacial score (nSPS) is 19.8. The molecule has 0 spiro atoms. The molecule has 0 bridgehead atoms. The molecule has 0 saturated carbocycles. The van der Waals surface area contributed by atoms with Crippen LogP contribution in [-0.4, -0.2) is 18.7 Å². The number of benzene rings is 1. The second-order valence-corrected chi connectivity index (χ2v) is 4.25. The summed E-state index contributed by atoms with van der Waals surface area (Å²) in [6, 6.07) is 4.76. The Morgan fingerprint density at radius 3 is 2.56 bits per heavy atom. The number of anilines is 1. The number of carbonyl (C=O) groups excluding carboxylic acids is 1. The molecule has 1 aromatic carbocycles. The van der Waals surface area contributed by atoms with Gasteiger partial charge in [0.15, 0.2) is 0 Å². The molecule has 16 heavy (non-hydrogen) atoms. The third-order valence-electron chi connectivity index (χ3n) is 2.30. The number of hydrogen-bond acceptors (Lipinski definition) is 2. The highest BCUT2D eigenvalue weighted by Crippen LogP contribution is 2.29. The van der Waals surface area contributed by atoms with E-state index in [9.17, 15) is 4.79 Å². The molecule has 0 radical (unpaired) electrons. The molecule has 0 aromatic heterocycles. The lowest BCUT2D eigenvalue weighted by Gasteiger charge is -2.18. The van der Waals surface area contributed by atoms with Gasteiger partial charge in [-0.25, -0.2) is 4.79 Å². The Kier molecular flexibility index (Phi) is 3.08. The summed E-state index contributed by atoms with van der Waals surface area (Å²) >= 11 is 11.8. The van der Waals surface area contributed by atoms with Crippen LogP contribution < -0.4 is 4.90 Å². The van der Waals surface area contributed by atoms with Crippen molar-refractivity contribution in [1.29, 1.82) is 0 Å². The highest BCUT2D eigenvalue weighted by atomic mass is 35.5. The van der Waals surface area contributed by atoms with E-state index in [-0.39, 0.29) is 6.04 Å². The van der Waals surface area contributed by atoms with Crippen molar-refractivity contribution < 1.29 is 9.53 Å². The van der Waals surface area contributed by atoms with Crippen LogP contribution in [0.25, 0.3) is 0 Å². The molecule has 1 atom stereocenters. The van der Waals surface area contributed by atoms with Gasteiger partial charge in [-0.3, -0.25) is 4.90 Å². The largest absolute Gasteiger partial charge is 0.447 e. The lowest BCUT2D eigenvalue weighted by Crippen LogP contribution is -2.31. The van der Waals surface area contributed by atoms with Crippen LogP contribution in [0.15, 0.2) is 30.9 Å². The van der Waals surface area contributed by atoms with Gasteiger partial charge in [0, 0.05) is 10.0 Å². The fraction of sp³-hybridized carbons (Fsp3) is 0.182. The molecule has 1 amide bonds. The van der Waals surface area contributed by atoms with Crippen molar-refractivity contribution in [2.24, 2.45) is 0 Å². The quantitative estimate of drug-likeness (QED) is 0.760. The van der Waals surface area contributed by atoms with E-state index < -0.39 is 6.09 Å². The minimum atomic E-state index is -0.414. The number of rotatable bonds is 2. The third-order valence-corrected chi connectivity index (χ3v) is 2.74. The Balaban J connectivity index is 2.41. The van der Waals surface area contributed by atoms with Crippen LogP contribution in [0.5, 0.6) is 0 Å². The van der Waals surface area contributed by atoms with Crippen molar-refractivity contribution in [2.45, 2.75) is 6.04 Å². The fourth-order valence-corrected chi connectivity index (χ4v) is 2.10. The van der Waals surface area contributed by atoms with Gasteiger partial charge >= 0.3 is 6.09 Å². The minimum Gasteiger partial charge on any atom is -0.447 e. The first-order valence-corrected chi connectivity index (χ1v) is 5.42. The summed E-state index contributed by atoms with van der Waals surface area (Å²) in [4.78, 5) is 13.0. The van der Waals surface area contributed by atoms with E-state index in [4.69, 9.17) is 27.9 Å². The van der Waals surface area contributed by atoms with Crippen LogP contribution in [-0.2, 0) is 4.74 Å². The molecule has 3 nitrogen and oxygen atoms in total. The van der Waals surface area contributed by atoms with Crippen LogP contribution >= 0.6 is 23.2 Å². The molecule has 1 aliphatic heterocycles. The number of carbonyl (C=O) groups is 1. The predicted molar refractivity (Wildman–Crippen MR) is 64.3 cm³/mol. The fourth-order valence-electron chi connectivity index (χ4n) is 1.58. The number of amides is 1. The maximum absolute atomic E-state index is 11.5. The SMILES string of the molecule is C=CC1COC(=O)N1c1cc(Cl)cc(Cl)c1. The standard InChI is InChI=1S/C11H9Cl2NO2/c1-2-9-6-16-11(15)14(9)10-4-7(12)3-8(13)5-10/h2-5,9H,1,6H2. The topological polar surface area (TPSA) is 29.5 Å². The summed E-state index contributed by atoms with van der Waals surface area (Å²) in [5.41, 5.74) is 0.616. The summed E-state index contributed by atoms with van der Waals surface area (Å²) in [5, 5.41) is 0.954. The van der Waals surface area contributed by atoms with Gasteiger partial charge in [-0.2, -0.15) is 0 Å². The molecule has 1 saturated heterocycles. The molecule has 84 valence electrons. The highest BCUT2D eigenvalue weighted by Gasteiger charge is 2.32. The molecule has 0 N–H and O–H groups in total. The van der Waals surface area contributed by atoms with Crippen LogP contribution in [0.4, 0.5) is 10.5 Å². The van der Waals surface area contributed by atoms with Crippen LogP contribution in [0.2, 0.25) is 10.0 Å². The van der Waals surface area contributed by atoms with Crippen LogP contribution in [0.1, 0.15) is 0 Å². The van der Waals surface area contributed by atoms with E-state index in [1.165, 1.54) is 4.90 Å². The summed E-state index contributed by atoms with van der Waals surface area (Å²) in [6.07, 6.45) is 1.24. The maximum atomic E-state index is 11.5. The van der Waals surface area contributed by atoms with Gasteiger partial charge in [-0.05, 0) is 18.2 Å². The first kappa shape index (κ1) is 11.3. The second kappa shape index (κ2) is 4.36. The zero-order valence-corrected chi connectivity index (χ0v) is 9.83. The molecule has 0 aliphatic carbocycles. The van der Waals surface area contributed by atoms with Crippen molar-refractivity contribution >= 4 is 35.0 Å². The third kappa shape index (κ3) is 2.01. The Hall–Kier alpha value is -1.19. The Morgan fingerprint density at radius 2 is 2.00 bits per heavy atom. The van der Waals surface area contributed by atoms with Crippen molar-refractivity contribution in [3.8, 4) is 0 Å². The Bertz CT molecular complexity index is 427. The lowest BCUT2D eigenvalue weighted by molar-refractivity contribution is 0.180. The average molecular weight is 258 g/mol. The van der Waals surface area contributed by atoms with E-state index in [0.29, 0.717) is 22.3 Å². The zero-order valence-electron chi connectivity index (χ0n) is 8.32. The van der Waals surface area contributed by atoms with Crippen LogP contribution in [0, 0.1) is 0 Å². The molecular formula is C11H9Cl2NO2. The molecule has 5 heteroatoms. The molecule has 1 fully saturated rings. The maximum Gasteiger partial charge on any atom is 0.415 e. The van der Waals surface area contributed by atoms with E-state index in [0.717, 1.165) is 0 Å². The smallest absolute Gasteiger partial charge is 0.415 e. The monoisotopic (exact) mass is 257 g/mol. The summed E-state index contributed by atoms with van der Waals surface area (Å²) in [7, 11) is 0. The summed E-state index contributed by atoms with van der Waals surface area (Å²) in [5.74, 6) is 0. The Morgan fingerprint density at radius 1 is 1.38 bits per heavy atom. The van der Waals surface area contributed by atoms with Crippen molar-refractivity contribution in [2.75, 3.05) is 11.5 Å². The number of halogens is 2. The van der Waals surface area contributed by atoms with Gasteiger partial charge in [-0.15, -0.1) is 6.58 Å². The van der Waals surface area contributed by atoms with Gasteiger partial charge in [0.2, 0.25) is 0 Å². The number of nitrogens with zero attached hydrogens (tertiary/aromatic N) is 1. The van der Waals surface area contributed by atoms with E-state index in [1.54, 1.807) is 24.3 Å². The van der Waals surface area contributed by atoms with E-state index >= 15 is 0 Å². The lowest BCUT2D eigenvalue weighted by atomic mass is 10.2. The van der Waals surface area contributed by atoms with Gasteiger partial charge in [0.1, 0.15) is 6.61 Å². The molecule has 1 aromatic rings. The van der Waals surface area contributed by atoms with Crippen molar-refractivity contribution in [1.82, 2.24) is 0 Å². The van der Waals surface area contributed by atoms with E-state index in [2.05, 4.69) is 6.58 Å². The molecule has 1 aliphatic rings. The van der Waals surface area contributed by atoms with Crippen molar-refractivity contribution in [3.63, 3.8) is 0 Å². The van der Waals surface area contributed by atoms with Gasteiger partial charge in [-0.1, -0.05) is 29.3 Å². The Labute approximate surface area is 103 Å². The molecular weight excluding hydrogens is 249 g/mol. The van der Waals surface area contributed by atoms with Gasteiger partial charge in [0.05, 0.1) is 11.7 Å². The highest BCUT2D eigenvalue weighted by molar-refractivity contribution is 6.35. The van der Waals surface area contributed by atoms with Gasteiger partial charge < -0.3 is 4.74 Å². The summed E-state index contributed by atoms with van der Waals surface area (Å²) in [6.45, 7) is 3.96. The number of hydrogen-bond donors (Lipinski definition) is 0. The average Bonchev–Trinajstić information content (AvgIpc) is 2.58. The zero-order chi connectivity index (χ0) is 11.7. The van der Waals surface area contributed by atoms with Gasteiger partial charge in [0.25, 0.3) is 0 Å². The molecule has 2 rings (SSSR count). The minimum absolute atomic E-state index is 0.179. The molecule has 1 unspecified atom stereocenters. The first-order valence-electron chi connectivity index (χ1n) is 4.66. The molecule has 1 heterocycles.